The normalized spacial score (nSPS) is 15.3. The molecule has 1 aliphatic rings. The molecular formula is C29H29NO10S. The first-order valence-electron chi connectivity index (χ1n) is 12.4. The van der Waals surface area contributed by atoms with E-state index >= 15 is 0 Å². The zero-order valence-electron chi connectivity index (χ0n) is 22.0. The molecule has 12 heteroatoms. The van der Waals surface area contributed by atoms with E-state index in [1.54, 1.807) is 19.2 Å². The van der Waals surface area contributed by atoms with Crippen LogP contribution in [-0.4, -0.2) is 77.7 Å². The summed E-state index contributed by atoms with van der Waals surface area (Å²) in [5.74, 6) is -2.86. The van der Waals surface area contributed by atoms with Crippen molar-refractivity contribution in [2.45, 2.75) is 17.6 Å². The molecule has 3 aromatic carbocycles. The van der Waals surface area contributed by atoms with Crippen LogP contribution in [0.3, 0.4) is 0 Å². The number of nitrogens with one attached hydrogen (secondary N) is 1. The second-order valence-corrected chi connectivity index (χ2v) is 9.65. The highest BCUT2D eigenvalue weighted by molar-refractivity contribution is 8.00. The number of rotatable bonds is 11. The van der Waals surface area contributed by atoms with Gasteiger partial charge in [0.15, 0.2) is 11.5 Å². The zero-order chi connectivity index (χ0) is 29.6. The quantitative estimate of drug-likeness (QED) is 0.283. The molecule has 0 saturated carbocycles. The van der Waals surface area contributed by atoms with Gasteiger partial charge in [-0.05, 0) is 36.4 Å². The van der Waals surface area contributed by atoms with Crippen LogP contribution in [0.25, 0.3) is 0 Å². The fourth-order valence-electron chi connectivity index (χ4n) is 3.49. The maximum atomic E-state index is 12.0. The van der Waals surface area contributed by atoms with Gasteiger partial charge in [-0.3, -0.25) is 0 Å². The molecule has 0 amide bonds. The molecule has 4 rings (SSSR count). The number of esters is 2. The van der Waals surface area contributed by atoms with E-state index in [1.807, 2.05) is 36.0 Å². The maximum absolute atomic E-state index is 12.0. The highest BCUT2D eigenvalue weighted by Gasteiger charge is 2.41. The van der Waals surface area contributed by atoms with Crippen molar-refractivity contribution in [3.63, 3.8) is 0 Å². The number of benzene rings is 3. The van der Waals surface area contributed by atoms with Crippen LogP contribution in [0, 0.1) is 0 Å². The lowest BCUT2D eigenvalue weighted by atomic mass is 10.1. The van der Waals surface area contributed by atoms with Gasteiger partial charge in [0.25, 0.3) is 0 Å². The number of ether oxygens (including phenoxy) is 4. The van der Waals surface area contributed by atoms with Crippen LogP contribution in [0.15, 0.2) is 84.9 Å². The zero-order valence-corrected chi connectivity index (χ0v) is 22.8. The van der Waals surface area contributed by atoms with Gasteiger partial charge in [0.1, 0.15) is 6.61 Å². The van der Waals surface area contributed by atoms with E-state index in [2.05, 4.69) is 5.32 Å². The number of carboxylic acids is 2. The van der Waals surface area contributed by atoms with Gasteiger partial charge >= 0.3 is 23.9 Å². The largest absolute Gasteiger partial charge is 0.493 e. The van der Waals surface area contributed by atoms with Gasteiger partial charge in [-0.25, -0.2) is 19.2 Å². The molecule has 0 spiro atoms. The Morgan fingerprint density at radius 2 is 1.24 bits per heavy atom. The highest BCUT2D eigenvalue weighted by Crippen LogP contribution is 2.26. The molecule has 1 fully saturated rings. The molecule has 216 valence electrons. The van der Waals surface area contributed by atoms with Gasteiger partial charge in [0.2, 0.25) is 12.2 Å². The molecule has 3 atom stereocenters. The van der Waals surface area contributed by atoms with E-state index in [1.165, 1.54) is 54.3 Å². The minimum atomic E-state index is -2.21. The van der Waals surface area contributed by atoms with Crippen LogP contribution in [0.5, 0.6) is 11.5 Å². The van der Waals surface area contributed by atoms with Crippen LogP contribution < -0.4 is 14.8 Å². The smallest absolute Gasteiger partial charge is 0.349 e. The maximum Gasteiger partial charge on any atom is 0.349 e. The van der Waals surface area contributed by atoms with Crippen molar-refractivity contribution in [2.75, 3.05) is 26.0 Å². The molecule has 0 aromatic heterocycles. The molecule has 0 bridgehead atoms. The van der Waals surface area contributed by atoms with Gasteiger partial charge in [0, 0.05) is 12.3 Å². The first-order chi connectivity index (χ1) is 19.8. The Balaban J connectivity index is 0.000000260. The van der Waals surface area contributed by atoms with E-state index < -0.39 is 36.1 Å². The summed E-state index contributed by atoms with van der Waals surface area (Å²) in [5.41, 5.74) is 0.0505. The highest BCUT2D eigenvalue weighted by atomic mass is 32.2. The number of hydrogen-bond donors (Lipinski definition) is 3. The fraction of sp³-hybridized carbons (Fsp3) is 0.241. The minimum absolute atomic E-state index is 0.0253. The number of methoxy groups -OCH3 is 1. The number of hydrogen-bond acceptors (Lipinski definition) is 10. The standard InChI is InChI=1S/C18H14O8.C11H15NO2S/c19-15(20)13(25-17(23)11-7-3-1-4-8-11)14(16(21)22)26-18(24)12-9-5-2-6-10-12;1-13-9-4-2-3-5-10(9)14-8-11-12-6-7-15-11/h1-10,13-14H,(H,19,20)(H,21,22);2-5,11-12H,6-8H2,1H3. The molecule has 1 saturated heterocycles. The van der Waals surface area contributed by atoms with Gasteiger partial charge in [0.05, 0.1) is 23.6 Å². The summed E-state index contributed by atoms with van der Waals surface area (Å²) in [6, 6.07) is 22.6. The van der Waals surface area contributed by atoms with Gasteiger partial charge in [-0.1, -0.05) is 48.5 Å². The Labute approximate surface area is 240 Å². The Kier molecular flexibility index (Phi) is 12.0. The van der Waals surface area contributed by atoms with Crippen molar-refractivity contribution in [1.82, 2.24) is 5.32 Å². The molecule has 3 aromatic rings. The molecule has 3 unspecified atom stereocenters. The summed E-state index contributed by atoms with van der Waals surface area (Å²) in [6.45, 7) is 1.76. The summed E-state index contributed by atoms with van der Waals surface area (Å²) in [7, 11) is 1.66. The average molecular weight is 584 g/mol. The van der Waals surface area contributed by atoms with Crippen molar-refractivity contribution in [3.8, 4) is 11.5 Å². The van der Waals surface area contributed by atoms with Crippen molar-refractivity contribution in [2.24, 2.45) is 0 Å². The van der Waals surface area contributed by atoms with Crippen molar-refractivity contribution in [1.29, 1.82) is 0 Å². The van der Waals surface area contributed by atoms with Gasteiger partial charge in [-0.15, -0.1) is 11.8 Å². The van der Waals surface area contributed by atoms with E-state index in [-0.39, 0.29) is 11.1 Å². The van der Waals surface area contributed by atoms with E-state index in [0.717, 1.165) is 18.0 Å². The third-order valence-electron chi connectivity index (χ3n) is 5.50. The summed E-state index contributed by atoms with van der Waals surface area (Å²) < 4.78 is 20.4. The summed E-state index contributed by atoms with van der Waals surface area (Å²) >= 11 is 1.90. The number of para-hydroxylation sites is 2. The number of aliphatic carboxylic acids is 2. The molecule has 3 N–H and O–H groups in total. The predicted octanol–water partition coefficient (Wildman–Crippen LogP) is 3.34. The van der Waals surface area contributed by atoms with Crippen molar-refractivity contribution >= 4 is 35.6 Å². The number of carbonyl (C=O) groups is 4. The third-order valence-corrected chi connectivity index (χ3v) is 6.65. The average Bonchev–Trinajstić information content (AvgIpc) is 3.52. The first kappa shape index (κ1) is 31.0. The molecule has 1 aliphatic heterocycles. The van der Waals surface area contributed by atoms with Crippen molar-refractivity contribution < 1.29 is 48.3 Å². The van der Waals surface area contributed by atoms with E-state index in [4.69, 9.17) is 18.9 Å². The summed E-state index contributed by atoms with van der Waals surface area (Å²) in [5, 5.41) is 22.3. The van der Waals surface area contributed by atoms with Crippen LogP contribution in [0.2, 0.25) is 0 Å². The third kappa shape index (κ3) is 9.55. The monoisotopic (exact) mass is 583 g/mol. The molecule has 1 heterocycles. The first-order valence-corrected chi connectivity index (χ1v) is 13.4. The van der Waals surface area contributed by atoms with Gasteiger partial charge in [-0.2, -0.15) is 0 Å². The van der Waals surface area contributed by atoms with Crippen LogP contribution in [0.4, 0.5) is 0 Å². The van der Waals surface area contributed by atoms with Crippen molar-refractivity contribution in [3.05, 3.63) is 96.1 Å². The molecule has 0 radical (unpaired) electrons. The van der Waals surface area contributed by atoms with E-state index in [9.17, 15) is 29.4 Å². The van der Waals surface area contributed by atoms with Gasteiger partial charge < -0.3 is 34.5 Å². The van der Waals surface area contributed by atoms with Crippen LogP contribution in [-0.2, 0) is 19.1 Å². The Morgan fingerprint density at radius 3 is 1.66 bits per heavy atom. The SMILES string of the molecule is COc1ccccc1OCC1NCCS1.O=C(OC(C(=O)O)C(OC(=O)c1ccccc1)C(=O)O)c1ccccc1. The fourth-order valence-corrected chi connectivity index (χ4v) is 4.41. The topological polar surface area (TPSA) is 158 Å². The summed E-state index contributed by atoms with van der Waals surface area (Å²) in [4.78, 5) is 46.8. The Morgan fingerprint density at radius 1 is 0.780 bits per heavy atom. The molecular weight excluding hydrogens is 554 g/mol. The Bertz CT molecular complexity index is 1230. The van der Waals surface area contributed by atoms with Crippen LogP contribution >= 0.6 is 11.8 Å². The second-order valence-electron chi connectivity index (χ2n) is 8.34. The molecule has 0 aliphatic carbocycles. The number of carboxylic acid groups (broad SMARTS) is 2. The minimum Gasteiger partial charge on any atom is -0.493 e. The lowest BCUT2D eigenvalue weighted by molar-refractivity contribution is -0.166. The second kappa shape index (κ2) is 15.9. The lowest BCUT2D eigenvalue weighted by Crippen LogP contribution is -2.45. The predicted molar refractivity (Wildman–Crippen MR) is 149 cm³/mol. The number of carbonyl (C=O) groups excluding carboxylic acids is 2. The lowest BCUT2D eigenvalue weighted by Gasteiger charge is -2.21. The van der Waals surface area contributed by atoms with E-state index in [0.29, 0.717) is 12.0 Å². The molecule has 11 nitrogen and oxygen atoms in total. The van der Waals surface area contributed by atoms with Crippen LogP contribution in [0.1, 0.15) is 20.7 Å². The molecule has 41 heavy (non-hydrogen) atoms. The number of thioether (sulfide) groups is 1. The Hall–Kier alpha value is -4.55. The summed E-state index contributed by atoms with van der Waals surface area (Å²) in [6.07, 6.45) is -4.43.